The molecule has 0 aliphatic heterocycles. The van der Waals surface area contributed by atoms with Crippen LogP contribution in [0.4, 0.5) is 0 Å². The Morgan fingerprint density at radius 1 is 1.60 bits per heavy atom. The molecule has 0 aromatic rings. The zero-order chi connectivity index (χ0) is 7.56. The zero-order valence-corrected chi connectivity index (χ0v) is 6.54. The Balaban J connectivity index is 2.34. The Morgan fingerprint density at radius 2 is 2.30 bits per heavy atom. The Bertz CT molecular complexity index is 122. The van der Waals surface area contributed by atoms with Crippen LogP contribution in [-0.4, -0.2) is 19.5 Å². The normalized spacial score (nSPS) is 34.6. The highest BCUT2D eigenvalue weighted by Gasteiger charge is 2.34. The Labute approximate surface area is 61.6 Å². The molecule has 3 unspecified atom stereocenters. The van der Waals surface area contributed by atoms with Crippen LogP contribution in [0.25, 0.3) is 0 Å². The predicted octanol–water partition coefficient (Wildman–Crippen LogP) is 1.25. The number of rotatable bonds is 3. The molecule has 0 aromatic heterocycles. The molecule has 1 aliphatic rings. The van der Waals surface area contributed by atoms with Crippen LogP contribution in [-0.2, 0) is 9.53 Å². The van der Waals surface area contributed by atoms with Crippen molar-refractivity contribution in [2.45, 2.75) is 25.9 Å². The van der Waals surface area contributed by atoms with E-state index in [-0.39, 0.29) is 12.0 Å². The molecule has 0 bridgehead atoms. The maximum atomic E-state index is 10.4. The van der Waals surface area contributed by atoms with E-state index in [0.29, 0.717) is 5.92 Å². The van der Waals surface area contributed by atoms with Gasteiger partial charge in [0.05, 0.1) is 6.10 Å². The van der Waals surface area contributed by atoms with Gasteiger partial charge in [-0.25, -0.2) is 0 Å². The first-order chi connectivity index (χ1) is 4.79. The van der Waals surface area contributed by atoms with Gasteiger partial charge < -0.3 is 9.53 Å². The minimum Gasteiger partial charge on any atom is -0.381 e. The number of carbonyl (C=O) groups is 1. The molecule has 1 fully saturated rings. The summed E-state index contributed by atoms with van der Waals surface area (Å²) in [5.41, 5.74) is 0. The average Bonchev–Trinajstić information content (AvgIpc) is 1.86. The largest absolute Gasteiger partial charge is 0.381 e. The molecular formula is C8H14O2. The molecule has 2 nitrogen and oxygen atoms in total. The number of hydrogen-bond donors (Lipinski definition) is 0. The van der Waals surface area contributed by atoms with Crippen molar-refractivity contribution < 1.29 is 9.53 Å². The minimum absolute atomic E-state index is 0.254. The van der Waals surface area contributed by atoms with E-state index in [2.05, 4.69) is 0 Å². The Kier molecular flexibility index (Phi) is 2.44. The summed E-state index contributed by atoms with van der Waals surface area (Å²) in [6, 6.07) is 0. The first-order valence-electron chi connectivity index (χ1n) is 3.77. The number of carbonyl (C=O) groups excluding carboxylic acids is 1. The van der Waals surface area contributed by atoms with Gasteiger partial charge in [-0.1, -0.05) is 0 Å². The first kappa shape index (κ1) is 7.73. The second-order valence-electron chi connectivity index (χ2n) is 2.98. The first-order valence-corrected chi connectivity index (χ1v) is 3.77. The molecule has 3 atom stereocenters. The predicted molar refractivity (Wildman–Crippen MR) is 38.7 cm³/mol. The summed E-state index contributed by atoms with van der Waals surface area (Å²) in [5.74, 6) is 0.762. The lowest BCUT2D eigenvalue weighted by Crippen LogP contribution is -2.36. The maximum Gasteiger partial charge on any atom is 0.123 e. The van der Waals surface area contributed by atoms with Gasteiger partial charge in [0.25, 0.3) is 0 Å². The summed E-state index contributed by atoms with van der Waals surface area (Å²) in [4.78, 5) is 10.4. The molecule has 1 rings (SSSR count). The highest BCUT2D eigenvalue weighted by Crippen LogP contribution is 2.35. The quantitative estimate of drug-likeness (QED) is 0.554. The number of hydrogen-bond acceptors (Lipinski definition) is 2. The van der Waals surface area contributed by atoms with Gasteiger partial charge in [-0.2, -0.15) is 0 Å². The molecule has 0 heterocycles. The SMILES string of the molecule is COC(C)C1CCC1C=O. The summed E-state index contributed by atoms with van der Waals surface area (Å²) in [5, 5.41) is 0. The smallest absolute Gasteiger partial charge is 0.123 e. The molecule has 0 amide bonds. The van der Waals surface area contributed by atoms with E-state index >= 15 is 0 Å². The van der Waals surface area contributed by atoms with Crippen molar-refractivity contribution in [2.75, 3.05) is 7.11 Å². The summed E-state index contributed by atoms with van der Waals surface area (Å²) >= 11 is 0. The van der Waals surface area contributed by atoms with E-state index in [1.165, 1.54) is 0 Å². The second kappa shape index (κ2) is 3.15. The summed E-state index contributed by atoms with van der Waals surface area (Å²) in [6.07, 6.45) is 3.52. The van der Waals surface area contributed by atoms with Crippen molar-refractivity contribution in [3.63, 3.8) is 0 Å². The molecule has 0 radical (unpaired) electrons. The summed E-state index contributed by atoms with van der Waals surface area (Å²) < 4.78 is 5.13. The van der Waals surface area contributed by atoms with Crippen LogP contribution in [0.1, 0.15) is 19.8 Å². The molecule has 10 heavy (non-hydrogen) atoms. The van der Waals surface area contributed by atoms with Crippen molar-refractivity contribution in [1.82, 2.24) is 0 Å². The van der Waals surface area contributed by atoms with Crippen molar-refractivity contribution in [2.24, 2.45) is 11.8 Å². The van der Waals surface area contributed by atoms with Crippen molar-refractivity contribution in [1.29, 1.82) is 0 Å². The monoisotopic (exact) mass is 142 g/mol. The molecule has 58 valence electrons. The van der Waals surface area contributed by atoms with Gasteiger partial charge >= 0.3 is 0 Å². The maximum absolute atomic E-state index is 10.4. The van der Waals surface area contributed by atoms with Crippen LogP contribution >= 0.6 is 0 Å². The minimum atomic E-state index is 0.254. The van der Waals surface area contributed by atoms with E-state index in [0.717, 1.165) is 19.1 Å². The lowest BCUT2D eigenvalue weighted by atomic mass is 9.72. The van der Waals surface area contributed by atoms with Crippen molar-refractivity contribution in [3.05, 3.63) is 0 Å². The highest BCUT2D eigenvalue weighted by molar-refractivity contribution is 5.55. The average molecular weight is 142 g/mol. The topological polar surface area (TPSA) is 26.3 Å². The Hall–Kier alpha value is -0.370. The molecule has 0 saturated heterocycles. The van der Waals surface area contributed by atoms with Gasteiger partial charge in [0.2, 0.25) is 0 Å². The molecule has 0 spiro atoms. The van der Waals surface area contributed by atoms with Gasteiger partial charge in [-0.05, 0) is 25.7 Å². The summed E-state index contributed by atoms with van der Waals surface area (Å²) in [6.45, 7) is 2.03. The van der Waals surface area contributed by atoms with Crippen LogP contribution in [0, 0.1) is 11.8 Å². The summed E-state index contributed by atoms with van der Waals surface area (Å²) in [7, 11) is 1.70. The van der Waals surface area contributed by atoms with Crippen LogP contribution in [0.3, 0.4) is 0 Å². The Morgan fingerprint density at radius 3 is 2.60 bits per heavy atom. The number of methoxy groups -OCH3 is 1. The molecule has 2 heteroatoms. The van der Waals surface area contributed by atoms with E-state index in [1.807, 2.05) is 6.92 Å². The zero-order valence-electron chi connectivity index (χ0n) is 6.54. The van der Waals surface area contributed by atoms with Gasteiger partial charge in [-0.3, -0.25) is 0 Å². The standard InChI is InChI=1S/C8H14O2/c1-6(10-2)8-4-3-7(8)5-9/h5-8H,3-4H2,1-2H3. The molecule has 1 aliphatic carbocycles. The fourth-order valence-electron chi connectivity index (χ4n) is 1.48. The highest BCUT2D eigenvalue weighted by atomic mass is 16.5. The number of aldehydes is 1. The van der Waals surface area contributed by atoms with Gasteiger partial charge in [0.15, 0.2) is 0 Å². The molecule has 1 saturated carbocycles. The lowest BCUT2D eigenvalue weighted by Gasteiger charge is -2.36. The third-order valence-electron chi connectivity index (χ3n) is 2.53. The van der Waals surface area contributed by atoms with E-state index in [9.17, 15) is 4.79 Å². The lowest BCUT2D eigenvalue weighted by molar-refractivity contribution is -0.119. The van der Waals surface area contributed by atoms with E-state index in [4.69, 9.17) is 4.74 Å². The van der Waals surface area contributed by atoms with Crippen LogP contribution in [0.5, 0.6) is 0 Å². The third-order valence-corrected chi connectivity index (χ3v) is 2.53. The van der Waals surface area contributed by atoms with Gasteiger partial charge in [0, 0.05) is 13.0 Å². The van der Waals surface area contributed by atoms with Crippen LogP contribution < -0.4 is 0 Å². The molecular weight excluding hydrogens is 128 g/mol. The van der Waals surface area contributed by atoms with E-state index in [1.54, 1.807) is 7.11 Å². The second-order valence-corrected chi connectivity index (χ2v) is 2.98. The van der Waals surface area contributed by atoms with Crippen molar-refractivity contribution in [3.8, 4) is 0 Å². The van der Waals surface area contributed by atoms with Crippen LogP contribution in [0.2, 0.25) is 0 Å². The van der Waals surface area contributed by atoms with Crippen molar-refractivity contribution >= 4 is 6.29 Å². The van der Waals surface area contributed by atoms with Gasteiger partial charge in [0.1, 0.15) is 6.29 Å². The van der Waals surface area contributed by atoms with Crippen LogP contribution in [0.15, 0.2) is 0 Å². The molecule has 0 N–H and O–H groups in total. The number of ether oxygens (including phenoxy) is 1. The fourth-order valence-corrected chi connectivity index (χ4v) is 1.48. The van der Waals surface area contributed by atoms with Gasteiger partial charge in [-0.15, -0.1) is 0 Å². The molecule has 0 aromatic carbocycles. The fraction of sp³-hybridized carbons (Fsp3) is 0.875. The van der Waals surface area contributed by atoms with E-state index < -0.39 is 0 Å². The third kappa shape index (κ3) is 1.21.